The van der Waals surface area contributed by atoms with Crippen molar-refractivity contribution in [1.82, 2.24) is 0 Å². The first kappa shape index (κ1) is 15.3. The summed E-state index contributed by atoms with van der Waals surface area (Å²) in [5, 5.41) is -5.66. The summed E-state index contributed by atoms with van der Waals surface area (Å²) in [6.45, 7) is 0. The fourth-order valence-electron chi connectivity index (χ4n) is 3.81. The predicted octanol–water partition coefficient (Wildman–Crippen LogP) is -0.163. The van der Waals surface area contributed by atoms with Crippen molar-refractivity contribution in [2.75, 3.05) is 0 Å². The van der Waals surface area contributed by atoms with Gasteiger partial charge in [0.25, 0.3) is 10.1 Å². The van der Waals surface area contributed by atoms with Gasteiger partial charge in [-0.3, -0.25) is 8.98 Å². The number of carbonyl (C=O) groups excluding carboxylic acids is 1. The molecular formula is C10H11F2O7S2-. The number of carbonyl (C=O) groups is 1. The number of halogens is 2. The third kappa shape index (κ3) is 2.05. The lowest BCUT2D eigenvalue weighted by atomic mass is 9.83. The van der Waals surface area contributed by atoms with E-state index in [9.17, 15) is 35.0 Å². The van der Waals surface area contributed by atoms with Crippen LogP contribution in [0.3, 0.4) is 0 Å². The topological polar surface area (TPSA) is 118 Å². The zero-order chi connectivity index (χ0) is 15.8. The average Bonchev–Trinajstić information content (AvgIpc) is 2.91. The van der Waals surface area contributed by atoms with E-state index in [4.69, 9.17) is 4.18 Å². The number of Topliss-reactive ketones (excluding diaryl/α,β-unsaturated/α-hetero) is 1. The molecule has 0 aromatic rings. The largest absolute Gasteiger partial charge is 0.743 e. The molecule has 1 aliphatic heterocycles. The molecule has 0 aromatic carbocycles. The highest BCUT2D eigenvalue weighted by Gasteiger charge is 2.64. The van der Waals surface area contributed by atoms with Crippen LogP contribution >= 0.6 is 0 Å². The molecule has 3 rings (SSSR count). The van der Waals surface area contributed by atoms with Crippen LogP contribution in [-0.4, -0.2) is 43.8 Å². The molecule has 0 radical (unpaired) electrons. The van der Waals surface area contributed by atoms with Gasteiger partial charge in [0.15, 0.2) is 10.1 Å². The standard InChI is InChI=1S/C10H12F2O7S2/c11-10(12,21(16,17)18)8(13)3-5-4-1-6-7(2-4)20(14,15)19-9(5)6/h4-7,9H,1-3H2,(H,16,17,18)/p-1. The molecule has 3 fully saturated rings. The van der Waals surface area contributed by atoms with Gasteiger partial charge < -0.3 is 4.55 Å². The summed E-state index contributed by atoms with van der Waals surface area (Å²) in [7, 11) is -9.83. The Morgan fingerprint density at radius 1 is 1.33 bits per heavy atom. The number of hydrogen-bond acceptors (Lipinski definition) is 7. The van der Waals surface area contributed by atoms with E-state index in [1.165, 1.54) is 0 Å². The molecule has 7 nitrogen and oxygen atoms in total. The molecule has 0 spiro atoms. The lowest BCUT2D eigenvalue weighted by molar-refractivity contribution is -0.136. The average molecular weight is 345 g/mol. The normalized spacial score (nSPS) is 40.6. The van der Waals surface area contributed by atoms with Crippen LogP contribution in [0.2, 0.25) is 0 Å². The van der Waals surface area contributed by atoms with Gasteiger partial charge in [-0.15, -0.1) is 0 Å². The van der Waals surface area contributed by atoms with E-state index in [0.717, 1.165) is 0 Å². The highest BCUT2D eigenvalue weighted by molar-refractivity contribution is 7.87. The summed E-state index contributed by atoms with van der Waals surface area (Å²) in [6, 6.07) is 0. The Morgan fingerprint density at radius 3 is 2.52 bits per heavy atom. The minimum absolute atomic E-state index is 0.219. The van der Waals surface area contributed by atoms with Crippen LogP contribution in [0, 0.1) is 17.8 Å². The van der Waals surface area contributed by atoms with Crippen molar-refractivity contribution in [1.29, 1.82) is 0 Å². The Kier molecular flexibility index (Phi) is 3.06. The molecule has 2 aliphatic carbocycles. The van der Waals surface area contributed by atoms with Crippen LogP contribution in [0.15, 0.2) is 0 Å². The third-order valence-electron chi connectivity index (χ3n) is 4.71. The minimum atomic E-state index is -6.08. The summed E-state index contributed by atoms with van der Waals surface area (Å²) in [5.41, 5.74) is 0. The fraction of sp³-hybridized carbons (Fsp3) is 0.900. The van der Waals surface area contributed by atoms with Crippen LogP contribution < -0.4 is 0 Å². The Balaban J connectivity index is 1.81. The maximum absolute atomic E-state index is 13.2. The molecule has 5 atom stereocenters. The first-order chi connectivity index (χ1) is 9.45. The second-order valence-corrected chi connectivity index (χ2v) is 8.95. The van der Waals surface area contributed by atoms with Crippen LogP contribution in [-0.2, 0) is 29.2 Å². The van der Waals surface area contributed by atoms with Crippen molar-refractivity contribution in [3.63, 3.8) is 0 Å². The molecular weight excluding hydrogens is 334 g/mol. The molecule has 0 amide bonds. The summed E-state index contributed by atoms with van der Waals surface area (Å²) in [5.74, 6) is -3.41. The Bertz CT molecular complexity index is 699. The van der Waals surface area contributed by atoms with Gasteiger partial charge in [0.05, 0.1) is 11.4 Å². The molecule has 5 unspecified atom stereocenters. The lowest BCUT2D eigenvalue weighted by Crippen LogP contribution is -2.41. The van der Waals surface area contributed by atoms with Crippen molar-refractivity contribution in [2.24, 2.45) is 17.8 Å². The van der Waals surface area contributed by atoms with Crippen molar-refractivity contribution in [3.8, 4) is 0 Å². The number of rotatable bonds is 4. The molecule has 11 heteroatoms. The minimum Gasteiger partial charge on any atom is -0.743 e. The third-order valence-corrected chi connectivity index (χ3v) is 7.34. The second-order valence-electron chi connectivity index (χ2n) is 5.75. The van der Waals surface area contributed by atoms with Gasteiger partial charge in [-0.05, 0) is 24.7 Å². The van der Waals surface area contributed by atoms with Crippen LogP contribution in [0.5, 0.6) is 0 Å². The summed E-state index contributed by atoms with van der Waals surface area (Å²) in [4.78, 5) is 11.4. The molecule has 2 bridgehead atoms. The van der Waals surface area contributed by atoms with Gasteiger partial charge in [-0.1, -0.05) is 0 Å². The van der Waals surface area contributed by atoms with Gasteiger partial charge in [0.2, 0.25) is 5.78 Å². The summed E-state index contributed by atoms with van der Waals surface area (Å²) >= 11 is 0. The molecule has 2 saturated carbocycles. The molecule has 120 valence electrons. The zero-order valence-electron chi connectivity index (χ0n) is 10.4. The van der Waals surface area contributed by atoms with Crippen molar-refractivity contribution in [2.45, 2.75) is 35.9 Å². The number of fused-ring (bicyclic) bond motifs is 1. The molecule has 0 N–H and O–H groups in total. The van der Waals surface area contributed by atoms with E-state index < -0.39 is 55.0 Å². The van der Waals surface area contributed by atoms with Gasteiger partial charge in [-0.2, -0.15) is 17.2 Å². The number of hydrogen-bond donors (Lipinski definition) is 0. The highest BCUT2D eigenvalue weighted by Crippen LogP contribution is 2.58. The SMILES string of the molecule is O=C(CC1C2CC3C1OS(=O)(=O)C3C2)C(F)(F)S(=O)(=O)[O-]. The summed E-state index contributed by atoms with van der Waals surface area (Å²) < 4.78 is 85.9. The lowest BCUT2D eigenvalue weighted by Gasteiger charge is -2.26. The van der Waals surface area contributed by atoms with Crippen LogP contribution in [0.25, 0.3) is 0 Å². The molecule has 3 aliphatic rings. The summed E-state index contributed by atoms with van der Waals surface area (Å²) in [6.07, 6.45) is -1.07. The first-order valence-electron chi connectivity index (χ1n) is 6.24. The zero-order valence-corrected chi connectivity index (χ0v) is 12.1. The fourth-order valence-corrected chi connectivity index (χ4v) is 6.08. The van der Waals surface area contributed by atoms with Crippen LogP contribution in [0.1, 0.15) is 19.3 Å². The Labute approximate surface area is 119 Å². The molecule has 1 saturated heterocycles. The van der Waals surface area contributed by atoms with E-state index in [-0.39, 0.29) is 18.3 Å². The van der Waals surface area contributed by atoms with E-state index in [0.29, 0.717) is 6.42 Å². The maximum atomic E-state index is 13.2. The Hall–Kier alpha value is -0.650. The monoisotopic (exact) mass is 345 g/mol. The maximum Gasteiger partial charge on any atom is 0.391 e. The number of alkyl halides is 2. The van der Waals surface area contributed by atoms with Gasteiger partial charge in [0.1, 0.15) is 0 Å². The van der Waals surface area contributed by atoms with E-state index in [1.807, 2.05) is 0 Å². The van der Waals surface area contributed by atoms with Gasteiger partial charge in [-0.25, -0.2) is 8.42 Å². The molecule has 1 heterocycles. The van der Waals surface area contributed by atoms with Crippen molar-refractivity contribution < 1.29 is 39.1 Å². The predicted molar refractivity (Wildman–Crippen MR) is 61.6 cm³/mol. The number of ketones is 1. The second kappa shape index (κ2) is 4.21. The molecule has 0 aromatic heterocycles. The smallest absolute Gasteiger partial charge is 0.391 e. The highest BCUT2D eigenvalue weighted by atomic mass is 32.2. The van der Waals surface area contributed by atoms with E-state index >= 15 is 0 Å². The van der Waals surface area contributed by atoms with Crippen molar-refractivity contribution >= 4 is 26.0 Å². The first-order valence-corrected chi connectivity index (χ1v) is 9.12. The molecule has 21 heavy (non-hydrogen) atoms. The van der Waals surface area contributed by atoms with E-state index in [2.05, 4.69) is 0 Å². The van der Waals surface area contributed by atoms with Gasteiger partial charge in [0, 0.05) is 12.3 Å². The quantitative estimate of drug-likeness (QED) is 0.513. The van der Waals surface area contributed by atoms with E-state index in [1.54, 1.807) is 0 Å². The van der Waals surface area contributed by atoms with Crippen LogP contribution in [0.4, 0.5) is 8.78 Å². The van der Waals surface area contributed by atoms with Gasteiger partial charge >= 0.3 is 5.25 Å². The Morgan fingerprint density at radius 2 is 1.95 bits per heavy atom. The van der Waals surface area contributed by atoms with Crippen molar-refractivity contribution in [3.05, 3.63) is 0 Å².